The Morgan fingerprint density at radius 1 is 0.667 bits per heavy atom. The number of hydrogen-bond donors (Lipinski definition) is 7. The van der Waals surface area contributed by atoms with Crippen molar-refractivity contribution >= 4 is 64.8 Å². The van der Waals surface area contributed by atoms with Crippen molar-refractivity contribution in [3.8, 4) is 11.5 Å². The summed E-state index contributed by atoms with van der Waals surface area (Å²) in [6.45, 7) is 1.11. The van der Waals surface area contributed by atoms with Gasteiger partial charge >= 0.3 is 18.0 Å². The largest absolute Gasteiger partial charge is 0.508 e. The second kappa shape index (κ2) is 20.1. The molecule has 4 aliphatic rings. The van der Waals surface area contributed by atoms with Gasteiger partial charge in [-0.05, 0) is 85.6 Å². The SMILES string of the molecule is CN(C)CC(=O)Oc1cccc(NC(=O)NCc2ccc3c(c2)C(=O)N(C2CCC(=O)NC2=O)C3)c1.O=C1CCC(N2Cc3ccc(CNC(=O)Nc4cccc(O)c4)cc3C2=O)C(=O)N1. The second-order valence-corrected chi connectivity index (χ2v) is 16.2. The molecule has 20 nitrogen and oxygen atoms in total. The third-order valence-corrected chi connectivity index (χ3v) is 11.0. The zero-order chi connectivity index (χ0) is 47.1. The highest BCUT2D eigenvalue weighted by Crippen LogP contribution is 2.30. The van der Waals surface area contributed by atoms with Gasteiger partial charge in [0.25, 0.3) is 11.8 Å². The van der Waals surface area contributed by atoms with E-state index in [1.165, 1.54) is 21.9 Å². The summed E-state index contributed by atoms with van der Waals surface area (Å²) in [6.07, 6.45) is 1.02. The van der Waals surface area contributed by atoms with E-state index in [4.69, 9.17) is 4.74 Å². The second-order valence-electron chi connectivity index (χ2n) is 16.2. The van der Waals surface area contributed by atoms with E-state index in [1.807, 2.05) is 18.2 Å². The van der Waals surface area contributed by atoms with Crippen LogP contribution in [0.5, 0.6) is 11.5 Å². The molecular weight excluding hydrogens is 855 g/mol. The molecule has 20 heteroatoms. The molecule has 2 unspecified atom stereocenters. The summed E-state index contributed by atoms with van der Waals surface area (Å²) in [5.41, 5.74) is 4.92. The lowest BCUT2D eigenvalue weighted by Gasteiger charge is -2.29. The average Bonchev–Trinajstić information content (AvgIpc) is 3.76. The maximum Gasteiger partial charge on any atom is 0.325 e. The molecule has 0 saturated carbocycles. The van der Waals surface area contributed by atoms with Crippen molar-refractivity contribution in [2.24, 2.45) is 0 Å². The molecule has 8 rings (SSSR count). The smallest absolute Gasteiger partial charge is 0.325 e. The number of likely N-dealkylation sites (N-methyl/N-ethyl adjacent to an activating group) is 1. The normalized spacial score (nSPS) is 17.5. The van der Waals surface area contributed by atoms with Crippen LogP contribution in [0.4, 0.5) is 21.0 Å². The monoisotopic (exact) mass is 901 g/mol. The zero-order valence-corrected chi connectivity index (χ0v) is 36.0. The van der Waals surface area contributed by atoms with Crippen molar-refractivity contribution in [2.75, 3.05) is 31.3 Å². The van der Waals surface area contributed by atoms with Gasteiger partial charge in [0.05, 0.1) is 6.54 Å². The zero-order valence-electron chi connectivity index (χ0n) is 36.0. The van der Waals surface area contributed by atoms with Gasteiger partial charge in [-0.2, -0.15) is 0 Å². The number of carbonyl (C=O) groups excluding carboxylic acids is 9. The van der Waals surface area contributed by atoms with Crippen molar-refractivity contribution in [3.63, 3.8) is 0 Å². The average molecular weight is 902 g/mol. The summed E-state index contributed by atoms with van der Waals surface area (Å²) in [5, 5.41) is 24.7. The molecule has 0 aliphatic carbocycles. The third-order valence-electron chi connectivity index (χ3n) is 11.0. The first-order valence-corrected chi connectivity index (χ1v) is 21.0. The van der Waals surface area contributed by atoms with Crippen LogP contribution in [-0.4, -0.2) is 106 Å². The minimum absolute atomic E-state index is 0.0468. The maximum atomic E-state index is 12.9. The number of hydrogen-bond acceptors (Lipinski definition) is 12. The number of benzene rings is 4. The minimum Gasteiger partial charge on any atom is -0.508 e. The molecule has 4 aromatic carbocycles. The van der Waals surface area contributed by atoms with E-state index >= 15 is 0 Å². The number of nitrogens with one attached hydrogen (secondary N) is 6. The quantitative estimate of drug-likeness (QED) is 0.0651. The first kappa shape index (κ1) is 45.9. The van der Waals surface area contributed by atoms with Gasteiger partial charge in [0.15, 0.2) is 0 Å². The molecule has 4 aliphatic heterocycles. The van der Waals surface area contributed by atoms with Gasteiger partial charge in [0.1, 0.15) is 23.6 Å². The van der Waals surface area contributed by atoms with E-state index in [9.17, 15) is 48.3 Å². The van der Waals surface area contributed by atoms with Crippen molar-refractivity contribution < 1.29 is 53.0 Å². The summed E-state index contributed by atoms with van der Waals surface area (Å²) in [5.74, 6) is -2.13. The topological polar surface area (TPSA) is 265 Å². The van der Waals surface area contributed by atoms with E-state index in [0.29, 0.717) is 59.7 Å². The number of urea groups is 2. The summed E-state index contributed by atoms with van der Waals surface area (Å²) in [7, 11) is 3.52. The number of rotatable bonds is 11. The number of piperidine rings is 2. The molecular formula is C46H47N9O11. The van der Waals surface area contributed by atoms with Crippen molar-refractivity contribution in [3.05, 3.63) is 118 Å². The summed E-state index contributed by atoms with van der Waals surface area (Å²) in [6, 6.07) is 21.1. The van der Waals surface area contributed by atoms with Gasteiger partial charge in [0.2, 0.25) is 23.6 Å². The minimum atomic E-state index is -0.673. The Kier molecular flexibility index (Phi) is 14.0. The maximum absolute atomic E-state index is 12.9. The number of phenolic OH excluding ortho intramolecular Hbond substituents is 1. The van der Waals surface area contributed by atoms with Crippen LogP contribution in [0.1, 0.15) is 68.7 Å². The number of carbonyl (C=O) groups is 9. The van der Waals surface area contributed by atoms with E-state index in [-0.39, 0.29) is 61.9 Å². The molecule has 66 heavy (non-hydrogen) atoms. The van der Waals surface area contributed by atoms with E-state index in [2.05, 4.69) is 31.9 Å². The number of imide groups is 2. The number of anilines is 2. The van der Waals surface area contributed by atoms with Gasteiger partial charge in [-0.25, -0.2) is 9.59 Å². The molecule has 0 spiro atoms. The molecule has 10 amide bonds. The molecule has 0 bridgehead atoms. The van der Waals surface area contributed by atoms with Crippen LogP contribution in [0.25, 0.3) is 0 Å². The number of amides is 10. The van der Waals surface area contributed by atoms with Crippen LogP contribution in [0.15, 0.2) is 84.9 Å². The number of aromatic hydroxyl groups is 1. The number of fused-ring (bicyclic) bond motifs is 2. The summed E-state index contributed by atoms with van der Waals surface area (Å²) < 4.78 is 5.26. The molecule has 2 saturated heterocycles. The first-order chi connectivity index (χ1) is 31.6. The first-order valence-electron chi connectivity index (χ1n) is 21.0. The lowest BCUT2D eigenvalue weighted by molar-refractivity contribution is -0.138. The van der Waals surface area contributed by atoms with Crippen LogP contribution in [0, 0.1) is 0 Å². The van der Waals surface area contributed by atoms with Crippen LogP contribution < -0.4 is 36.6 Å². The van der Waals surface area contributed by atoms with E-state index in [0.717, 1.165) is 16.7 Å². The van der Waals surface area contributed by atoms with Crippen LogP contribution in [-0.2, 0) is 50.2 Å². The van der Waals surface area contributed by atoms with Gasteiger partial charge < -0.3 is 40.9 Å². The Balaban J connectivity index is 0.000000199. The van der Waals surface area contributed by atoms with Crippen molar-refractivity contribution in [2.45, 2.75) is 63.9 Å². The number of ether oxygens (including phenoxy) is 1. The fraction of sp³-hybridized carbons (Fsp3) is 0.283. The fourth-order valence-corrected chi connectivity index (χ4v) is 7.78. The number of phenols is 1. The molecule has 0 aromatic heterocycles. The summed E-state index contributed by atoms with van der Waals surface area (Å²) in [4.78, 5) is 114. The van der Waals surface area contributed by atoms with Crippen LogP contribution in [0.3, 0.4) is 0 Å². The lowest BCUT2D eigenvalue weighted by Crippen LogP contribution is -2.52. The summed E-state index contributed by atoms with van der Waals surface area (Å²) >= 11 is 0. The number of esters is 1. The Hall–Kier alpha value is -8.13. The fourth-order valence-electron chi connectivity index (χ4n) is 7.78. The Morgan fingerprint density at radius 3 is 1.62 bits per heavy atom. The van der Waals surface area contributed by atoms with Gasteiger partial charge in [-0.1, -0.05) is 36.4 Å². The molecule has 4 heterocycles. The lowest BCUT2D eigenvalue weighted by atomic mass is 10.0. The molecule has 2 atom stereocenters. The Bertz CT molecular complexity index is 2630. The van der Waals surface area contributed by atoms with E-state index < -0.39 is 41.9 Å². The Morgan fingerprint density at radius 2 is 1.15 bits per heavy atom. The highest BCUT2D eigenvalue weighted by Gasteiger charge is 2.40. The predicted molar refractivity (Wildman–Crippen MR) is 235 cm³/mol. The predicted octanol–water partition coefficient (Wildman–Crippen LogP) is 2.71. The van der Waals surface area contributed by atoms with Gasteiger partial charge in [-0.15, -0.1) is 0 Å². The number of nitrogens with zero attached hydrogens (tertiary/aromatic N) is 3. The van der Waals surface area contributed by atoms with Crippen LogP contribution in [0.2, 0.25) is 0 Å². The standard InChI is InChI=1S/C25H27N5O6.C21H20N4O5/c1-29(2)14-22(32)36-18-5-3-4-17(11-18)27-25(35)26-12-15-6-7-16-13-30(24(34)19(16)10-15)20-8-9-21(31)28-23(20)33;26-15-3-1-2-14(9-15)23-21(30)22-10-12-4-5-13-11-25(20(29)16(13)8-12)17-6-7-18(27)24-19(17)28/h3-7,10-11,20H,8-9,12-14H2,1-2H3,(H2,26,27,35)(H,28,31,33);1-5,8-9,17,26H,6-7,10-11H2,(H2,22,23,30)(H,24,27,28). The molecule has 0 radical (unpaired) electrons. The van der Waals surface area contributed by atoms with E-state index in [1.54, 1.807) is 73.6 Å². The molecule has 342 valence electrons. The van der Waals surface area contributed by atoms with Crippen molar-refractivity contribution in [1.29, 1.82) is 0 Å². The highest BCUT2D eigenvalue weighted by molar-refractivity contribution is 6.06. The Labute approximate surface area is 378 Å². The van der Waals surface area contributed by atoms with Gasteiger partial charge in [0, 0.05) is 73.7 Å². The molecule has 2 fully saturated rings. The van der Waals surface area contributed by atoms with Gasteiger partial charge in [-0.3, -0.25) is 49.1 Å². The van der Waals surface area contributed by atoms with Crippen molar-refractivity contribution in [1.82, 2.24) is 36.0 Å². The molecule has 7 N–H and O–H groups in total. The van der Waals surface area contributed by atoms with Crippen LogP contribution >= 0.6 is 0 Å². The highest BCUT2D eigenvalue weighted by atomic mass is 16.5. The molecule has 4 aromatic rings. The third kappa shape index (κ3) is 11.3.